The number of nitrogen functional groups attached to an aromatic ring is 1. The van der Waals surface area contributed by atoms with Crippen molar-refractivity contribution in [2.75, 3.05) is 11.1 Å². The van der Waals surface area contributed by atoms with Gasteiger partial charge in [0.1, 0.15) is 5.69 Å². The van der Waals surface area contributed by atoms with Crippen LogP contribution < -0.4 is 11.1 Å². The Bertz CT molecular complexity index is 692. The Morgan fingerprint density at radius 2 is 2.05 bits per heavy atom. The molecule has 0 aliphatic heterocycles. The van der Waals surface area contributed by atoms with E-state index in [4.69, 9.17) is 17.3 Å². The molecule has 0 aliphatic carbocycles. The quantitative estimate of drug-likeness (QED) is 0.664. The number of anilines is 2. The van der Waals surface area contributed by atoms with Gasteiger partial charge in [-0.25, -0.2) is 4.98 Å². The summed E-state index contributed by atoms with van der Waals surface area (Å²) >= 11 is 6.12. The van der Waals surface area contributed by atoms with Crippen LogP contribution in [0.5, 0.6) is 0 Å². The minimum Gasteiger partial charge on any atom is -0.368 e. The van der Waals surface area contributed by atoms with E-state index >= 15 is 0 Å². The van der Waals surface area contributed by atoms with Crippen LogP contribution in [0.3, 0.4) is 0 Å². The first-order chi connectivity index (χ1) is 9.90. The summed E-state index contributed by atoms with van der Waals surface area (Å²) in [4.78, 5) is 18.4. The summed E-state index contributed by atoms with van der Waals surface area (Å²) < 4.78 is 0. The average molecular weight is 308 g/mol. The first-order valence-corrected chi connectivity index (χ1v) is 6.57. The maximum atomic E-state index is 11.2. The van der Waals surface area contributed by atoms with Gasteiger partial charge in [-0.3, -0.25) is 10.1 Å². The fourth-order valence-corrected chi connectivity index (χ4v) is 2.32. The lowest BCUT2D eigenvalue weighted by atomic mass is 10.1. The van der Waals surface area contributed by atoms with Gasteiger partial charge in [-0.15, -0.1) is 0 Å². The number of nitrogens with one attached hydrogen (secondary N) is 1. The van der Waals surface area contributed by atoms with Crippen LogP contribution in [0.25, 0.3) is 0 Å². The number of aryl methyl sites for hydroxylation is 1. The second-order valence-corrected chi connectivity index (χ2v) is 4.92. The average Bonchev–Trinajstić information content (AvgIpc) is 2.37. The lowest BCUT2D eigenvalue weighted by molar-refractivity contribution is -0.385. The van der Waals surface area contributed by atoms with Crippen LogP contribution in [0, 0.1) is 17.0 Å². The molecule has 110 valence electrons. The van der Waals surface area contributed by atoms with Gasteiger partial charge >= 0.3 is 5.69 Å². The van der Waals surface area contributed by atoms with Gasteiger partial charge in [0.25, 0.3) is 0 Å². The topological polar surface area (TPSA) is 107 Å². The molecule has 0 saturated carbocycles. The molecule has 1 unspecified atom stereocenters. The van der Waals surface area contributed by atoms with Gasteiger partial charge in [0, 0.05) is 5.02 Å². The number of nitrogens with two attached hydrogens (primary N) is 1. The molecule has 0 spiro atoms. The van der Waals surface area contributed by atoms with Gasteiger partial charge in [-0.05, 0) is 25.5 Å². The molecule has 2 aromatic rings. The molecule has 0 bridgehead atoms. The van der Waals surface area contributed by atoms with Gasteiger partial charge in [-0.2, -0.15) is 4.98 Å². The Morgan fingerprint density at radius 1 is 1.38 bits per heavy atom. The molecule has 1 aromatic carbocycles. The highest BCUT2D eigenvalue weighted by molar-refractivity contribution is 6.31. The van der Waals surface area contributed by atoms with E-state index in [1.54, 1.807) is 6.07 Å². The van der Waals surface area contributed by atoms with Crippen LogP contribution in [0.4, 0.5) is 17.5 Å². The molecule has 1 heterocycles. The molecule has 3 N–H and O–H groups in total. The third-order valence-corrected chi connectivity index (χ3v) is 3.33. The molecule has 8 heteroatoms. The zero-order valence-corrected chi connectivity index (χ0v) is 12.3. The third kappa shape index (κ3) is 3.19. The van der Waals surface area contributed by atoms with Crippen LogP contribution in [-0.4, -0.2) is 14.9 Å². The fraction of sp³-hybridized carbons (Fsp3) is 0.231. The fourth-order valence-electron chi connectivity index (χ4n) is 2.02. The molecule has 21 heavy (non-hydrogen) atoms. The predicted octanol–water partition coefficient (Wildman–Crippen LogP) is 3.10. The normalized spacial score (nSPS) is 12.0. The van der Waals surface area contributed by atoms with Crippen LogP contribution in [0.2, 0.25) is 5.02 Å². The second-order valence-electron chi connectivity index (χ2n) is 4.51. The highest BCUT2D eigenvalue weighted by Gasteiger charge is 2.23. The van der Waals surface area contributed by atoms with E-state index in [0.29, 0.717) is 5.02 Å². The molecular weight excluding hydrogens is 294 g/mol. The van der Waals surface area contributed by atoms with Crippen molar-refractivity contribution in [3.05, 3.63) is 50.7 Å². The molecule has 0 fully saturated rings. The molecular formula is C13H14ClN5O2. The van der Waals surface area contributed by atoms with Crippen molar-refractivity contribution in [3.8, 4) is 0 Å². The summed E-state index contributed by atoms with van der Waals surface area (Å²) in [5.41, 5.74) is 6.39. The Kier molecular flexibility index (Phi) is 4.23. The maximum absolute atomic E-state index is 11.2. The van der Waals surface area contributed by atoms with Crippen molar-refractivity contribution >= 4 is 29.1 Å². The summed E-state index contributed by atoms with van der Waals surface area (Å²) in [5, 5.41) is 14.7. The van der Waals surface area contributed by atoms with Crippen LogP contribution >= 0.6 is 11.6 Å². The third-order valence-electron chi connectivity index (χ3n) is 2.98. The lowest BCUT2D eigenvalue weighted by Gasteiger charge is -2.16. The predicted molar refractivity (Wildman–Crippen MR) is 81.3 cm³/mol. The summed E-state index contributed by atoms with van der Waals surface area (Å²) in [6.45, 7) is 3.35. The number of rotatable bonds is 4. The molecule has 1 atom stereocenters. The van der Waals surface area contributed by atoms with E-state index in [-0.39, 0.29) is 29.2 Å². The minimum absolute atomic E-state index is 0.0213. The highest BCUT2D eigenvalue weighted by atomic mass is 35.5. The van der Waals surface area contributed by atoms with Crippen molar-refractivity contribution in [2.45, 2.75) is 19.9 Å². The standard InChI is InChI=1S/C13H14ClN5O2/c1-7(9-5-3-4-6-10(9)14)16-12-11(19(20)21)8(2)17-13(15)18-12/h3-7H,1-2H3,(H3,15,16,17,18). The first kappa shape index (κ1) is 15.0. The van der Waals surface area contributed by atoms with Crippen molar-refractivity contribution in [1.82, 2.24) is 9.97 Å². The van der Waals surface area contributed by atoms with Crippen molar-refractivity contribution in [1.29, 1.82) is 0 Å². The smallest absolute Gasteiger partial charge is 0.332 e. The zero-order chi connectivity index (χ0) is 15.6. The van der Waals surface area contributed by atoms with E-state index in [1.165, 1.54) is 6.92 Å². The molecule has 1 aromatic heterocycles. The van der Waals surface area contributed by atoms with E-state index in [9.17, 15) is 10.1 Å². The Morgan fingerprint density at radius 3 is 2.67 bits per heavy atom. The van der Waals surface area contributed by atoms with Crippen molar-refractivity contribution < 1.29 is 4.92 Å². The second kappa shape index (κ2) is 5.92. The highest BCUT2D eigenvalue weighted by Crippen LogP contribution is 2.31. The number of hydrogen-bond acceptors (Lipinski definition) is 6. The number of nitrogens with zero attached hydrogens (tertiary/aromatic N) is 3. The molecule has 0 amide bonds. The monoisotopic (exact) mass is 307 g/mol. The van der Waals surface area contributed by atoms with E-state index in [1.807, 2.05) is 25.1 Å². The maximum Gasteiger partial charge on any atom is 0.332 e. The number of aromatic nitrogens is 2. The summed E-state index contributed by atoms with van der Waals surface area (Å²) in [7, 11) is 0. The van der Waals surface area contributed by atoms with Crippen molar-refractivity contribution in [3.63, 3.8) is 0 Å². The number of hydrogen-bond donors (Lipinski definition) is 2. The summed E-state index contributed by atoms with van der Waals surface area (Å²) in [6.07, 6.45) is 0. The van der Waals surface area contributed by atoms with Crippen LogP contribution in [-0.2, 0) is 0 Å². The Balaban J connectivity index is 2.40. The van der Waals surface area contributed by atoms with Gasteiger partial charge in [-0.1, -0.05) is 29.8 Å². The molecule has 0 radical (unpaired) electrons. The zero-order valence-electron chi connectivity index (χ0n) is 11.5. The van der Waals surface area contributed by atoms with E-state index in [2.05, 4.69) is 15.3 Å². The van der Waals surface area contributed by atoms with E-state index in [0.717, 1.165) is 5.56 Å². The Labute approximate surface area is 126 Å². The van der Waals surface area contributed by atoms with Gasteiger partial charge < -0.3 is 11.1 Å². The molecule has 0 aliphatic rings. The van der Waals surface area contributed by atoms with E-state index < -0.39 is 4.92 Å². The number of nitro groups is 1. The lowest BCUT2D eigenvalue weighted by Crippen LogP contribution is -2.13. The van der Waals surface area contributed by atoms with Crippen LogP contribution in [0.15, 0.2) is 24.3 Å². The Hall–Kier alpha value is -2.41. The van der Waals surface area contributed by atoms with Gasteiger partial charge in [0.15, 0.2) is 0 Å². The molecule has 2 rings (SSSR count). The van der Waals surface area contributed by atoms with Crippen molar-refractivity contribution in [2.24, 2.45) is 0 Å². The largest absolute Gasteiger partial charge is 0.368 e. The molecule has 0 saturated heterocycles. The molecule has 7 nitrogen and oxygen atoms in total. The summed E-state index contributed by atoms with van der Waals surface area (Å²) in [6, 6.07) is 6.97. The number of halogens is 1. The SMILES string of the molecule is Cc1nc(N)nc(NC(C)c2ccccc2Cl)c1[N+](=O)[O-]. The minimum atomic E-state index is -0.531. The van der Waals surface area contributed by atoms with Gasteiger partial charge in [0.2, 0.25) is 11.8 Å². The first-order valence-electron chi connectivity index (χ1n) is 6.19. The number of benzene rings is 1. The summed E-state index contributed by atoms with van der Waals surface area (Å²) in [5.74, 6) is 0.0596. The van der Waals surface area contributed by atoms with Crippen LogP contribution in [0.1, 0.15) is 24.2 Å². The van der Waals surface area contributed by atoms with Gasteiger partial charge in [0.05, 0.1) is 11.0 Å².